The average molecular weight is 351 g/mol. The smallest absolute Gasteiger partial charge is 0.244 e. The maximum atomic E-state index is 12.3. The standard InChI is InChI=1S/C18H33N5O2/c1-3-20-18(21-14-17(25)22-9-5-4-6-10-22)23-11-7-15(8-12-23)13-16(24)19-2/h15H,3-14H2,1-2H3,(H,19,24)(H,20,21). The van der Waals surface area contributed by atoms with Crippen molar-refractivity contribution in [3.8, 4) is 0 Å². The molecule has 0 bridgehead atoms. The first-order chi connectivity index (χ1) is 12.1. The van der Waals surface area contributed by atoms with Crippen molar-refractivity contribution in [2.45, 2.75) is 45.4 Å². The van der Waals surface area contributed by atoms with E-state index in [-0.39, 0.29) is 18.4 Å². The van der Waals surface area contributed by atoms with E-state index in [2.05, 4.69) is 20.5 Å². The first kappa shape index (κ1) is 19.5. The topological polar surface area (TPSA) is 77.0 Å². The highest BCUT2D eigenvalue weighted by atomic mass is 16.2. The Bertz CT molecular complexity index is 466. The number of carbonyl (C=O) groups is 2. The van der Waals surface area contributed by atoms with Crippen LogP contribution in [0.15, 0.2) is 4.99 Å². The minimum absolute atomic E-state index is 0.117. The third-order valence-electron chi connectivity index (χ3n) is 5.07. The van der Waals surface area contributed by atoms with E-state index in [0.29, 0.717) is 12.3 Å². The Morgan fingerprint density at radius 3 is 2.32 bits per heavy atom. The van der Waals surface area contributed by atoms with Gasteiger partial charge >= 0.3 is 0 Å². The van der Waals surface area contributed by atoms with E-state index >= 15 is 0 Å². The van der Waals surface area contributed by atoms with Crippen LogP contribution in [0.4, 0.5) is 0 Å². The number of rotatable bonds is 5. The van der Waals surface area contributed by atoms with Crippen molar-refractivity contribution in [3.05, 3.63) is 0 Å². The van der Waals surface area contributed by atoms with Gasteiger partial charge in [-0.3, -0.25) is 9.59 Å². The number of nitrogens with zero attached hydrogens (tertiary/aromatic N) is 3. The second kappa shape index (κ2) is 10.3. The molecule has 2 aliphatic rings. The van der Waals surface area contributed by atoms with Crippen LogP contribution in [0.3, 0.4) is 0 Å². The maximum Gasteiger partial charge on any atom is 0.244 e. The van der Waals surface area contributed by atoms with Gasteiger partial charge in [-0.15, -0.1) is 0 Å². The molecule has 0 unspecified atom stereocenters. The SMILES string of the molecule is CCNC(=NCC(=O)N1CCCCC1)N1CCC(CC(=O)NC)CC1. The van der Waals surface area contributed by atoms with Crippen molar-refractivity contribution < 1.29 is 9.59 Å². The van der Waals surface area contributed by atoms with Crippen LogP contribution in [-0.2, 0) is 9.59 Å². The predicted octanol–water partition coefficient (Wildman–Crippen LogP) is 0.813. The molecule has 2 rings (SSSR count). The zero-order chi connectivity index (χ0) is 18.1. The summed E-state index contributed by atoms with van der Waals surface area (Å²) in [7, 11) is 1.69. The molecule has 0 aromatic carbocycles. The lowest BCUT2D eigenvalue weighted by Gasteiger charge is -2.34. The first-order valence-electron chi connectivity index (χ1n) is 9.65. The molecule has 2 amide bonds. The lowest BCUT2D eigenvalue weighted by Crippen LogP contribution is -2.46. The Balaban J connectivity index is 1.85. The largest absolute Gasteiger partial charge is 0.359 e. The fourth-order valence-corrected chi connectivity index (χ4v) is 3.52. The molecule has 0 atom stereocenters. The number of likely N-dealkylation sites (tertiary alicyclic amines) is 2. The molecule has 7 nitrogen and oxygen atoms in total. The van der Waals surface area contributed by atoms with Crippen molar-refractivity contribution in [1.82, 2.24) is 20.4 Å². The van der Waals surface area contributed by atoms with E-state index in [9.17, 15) is 9.59 Å². The summed E-state index contributed by atoms with van der Waals surface area (Å²) >= 11 is 0. The number of nitrogens with one attached hydrogen (secondary N) is 2. The maximum absolute atomic E-state index is 12.3. The number of hydrogen-bond donors (Lipinski definition) is 2. The van der Waals surface area contributed by atoms with Crippen LogP contribution in [0.2, 0.25) is 0 Å². The normalized spacial score (nSPS) is 19.7. The van der Waals surface area contributed by atoms with Crippen LogP contribution >= 0.6 is 0 Å². The van der Waals surface area contributed by atoms with Crippen LogP contribution in [-0.4, -0.2) is 73.9 Å². The molecule has 142 valence electrons. The number of piperidine rings is 2. The second-order valence-electron chi connectivity index (χ2n) is 6.92. The Hall–Kier alpha value is -1.79. The Morgan fingerprint density at radius 1 is 1.04 bits per heavy atom. The van der Waals surface area contributed by atoms with Gasteiger partial charge in [0.2, 0.25) is 11.8 Å². The van der Waals surface area contributed by atoms with Crippen molar-refractivity contribution >= 4 is 17.8 Å². The quantitative estimate of drug-likeness (QED) is 0.568. The van der Waals surface area contributed by atoms with Crippen LogP contribution in [0.25, 0.3) is 0 Å². The van der Waals surface area contributed by atoms with Gasteiger partial charge in [0, 0.05) is 46.2 Å². The van der Waals surface area contributed by atoms with Crippen molar-refractivity contribution in [2.75, 3.05) is 46.3 Å². The van der Waals surface area contributed by atoms with Crippen LogP contribution in [0, 0.1) is 5.92 Å². The molecule has 0 saturated carbocycles. The molecular weight excluding hydrogens is 318 g/mol. The van der Waals surface area contributed by atoms with E-state index in [1.165, 1.54) is 6.42 Å². The number of guanidine groups is 1. The zero-order valence-corrected chi connectivity index (χ0v) is 15.7. The summed E-state index contributed by atoms with van der Waals surface area (Å²) in [4.78, 5) is 32.6. The summed E-state index contributed by atoms with van der Waals surface area (Å²) in [5.41, 5.74) is 0. The van der Waals surface area contributed by atoms with Crippen LogP contribution in [0.5, 0.6) is 0 Å². The van der Waals surface area contributed by atoms with E-state index in [4.69, 9.17) is 0 Å². The number of carbonyl (C=O) groups excluding carboxylic acids is 2. The first-order valence-corrected chi connectivity index (χ1v) is 9.65. The molecule has 2 heterocycles. The molecule has 2 N–H and O–H groups in total. The van der Waals surface area contributed by atoms with Gasteiger partial charge in [-0.05, 0) is 44.9 Å². The van der Waals surface area contributed by atoms with Gasteiger partial charge in [-0.2, -0.15) is 0 Å². The molecule has 25 heavy (non-hydrogen) atoms. The summed E-state index contributed by atoms with van der Waals surface area (Å²) in [6, 6.07) is 0. The molecule has 0 spiro atoms. The van der Waals surface area contributed by atoms with Gasteiger partial charge < -0.3 is 20.4 Å². The zero-order valence-electron chi connectivity index (χ0n) is 15.7. The van der Waals surface area contributed by atoms with Gasteiger partial charge in [0.05, 0.1) is 0 Å². The predicted molar refractivity (Wildman–Crippen MR) is 99.4 cm³/mol. The Morgan fingerprint density at radius 2 is 1.72 bits per heavy atom. The summed E-state index contributed by atoms with van der Waals surface area (Å²) in [5.74, 6) is 1.51. The molecule has 2 saturated heterocycles. The molecule has 0 aromatic heterocycles. The molecule has 2 fully saturated rings. The highest BCUT2D eigenvalue weighted by molar-refractivity contribution is 5.85. The molecule has 0 aliphatic carbocycles. The van der Waals surface area contributed by atoms with Crippen LogP contribution < -0.4 is 10.6 Å². The van der Waals surface area contributed by atoms with Crippen molar-refractivity contribution in [1.29, 1.82) is 0 Å². The third kappa shape index (κ3) is 6.21. The highest BCUT2D eigenvalue weighted by Gasteiger charge is 2.23. The van der Waals surface area contributed by atoms with E-state index in [1.807, 2.05) is 11.8 Å². The number of hydrogen-bond acceptors (Lipinski definition) is 3. The van der Waals surface area contributed by atoms with Gasteiger partial charge in [0.25, 0.3) is 0 Å². The van der Waals surface area contributed by atoms with Gasteiger partial charge in [0.1, 0.15) is 6.54 Å². The Kier molecular flexibility index (Phi) is 8.01. The molecular formula is C18H33N5O2. The van der Waals surface area contributed by atoms with Crippen molar-refractivity contribution in [3.63, 3.8) is 0 Å². The lowest BCUT2D eigenvalue weighted by molar-refractivity contribution is -0.130. The lowest BCUT2D eigenvalue weighted by atomic mass is 9.93. The molecule has 0 radical (unpaired) electrons. The summed E-state index contributed by atoms with van der Waals surface area (Å²) in [5, 5.41) is 6.00. The van der Waals surface area contributed by atoms with E-state index in [1.54, 1.807) is 7.05 Å². The van der Waals surface area contributed by atoms with E-state index < -0.39 is 0 Å². The molecule has 2 aliphatic heterocycles. The number of amides is 2. The summed E-state index contributed by atoms with van der Waals surface area (Å²) < 4.78 is 0. The van der Waals surface area contributed by atoms with Gasteiger partial charge in [0.15, 0.2) is 5.96 Å². The average Bonchev–Trinajstić information content (AvgIpc) is 2.66. The Labute approximate surface area is 151 Å². The third-order valence-corrected chi connectivity index (χ3v) is 5.07. The minimum atomic E-state index is 0.117. The monoisotopic (exact) mass is 351 g/mol. The second-order valence-corrected chi connectivity index (χ2v) is 6.92. The van der Waals surface area contributed by atoms with Crippen molar-refractivity contribution in [2.24, 2.45) is 10.9 Å². The van der Waals surface area contributed by atoms with Gasteiger partial charge in [-0.1, -0.05) is 0 Å². The summed E-state index contributed by atoms with van der Waals surface area (Å²) in [6.07, 6.45) is 6.00. The van der Waals surface area contributed by atoms with E-state index in [0.717, 1.165) is 64.4 Å². The molecule has 7 heteroatoms. The fraction of sp³-hybridized carbons (Fsp3) is 0.833. The molecule has 0 aromatic rings. The van der Waals surface area contributed by atoms with Gasteiger partial charge in [-0.25, -0.2) is 4.99 Å². The highest BCUT2D eigenvalue weighted by Crippen LogP contribution is 2.20. The minimum Gasteiger partial charge on any atom is -0.359 e. The summed E-state index contributed by atoms with van der Waals surface area (Å²) in [6.45, 7) is 6.55. The number of aliphatic imine (C=N–C) groups is 1. The fourth-order valence-electron chi connectivity index (χ4n) is 3.52. The van der Waals surface area contributed by atoms with Crippen LogP contribution in [0.1, 0.15) is 45.4 Å².